The number of carbonyl (C=O) groups is 1. The van der Waals surface area contributed by atoms with Gasteiger partial charge in [0.2, 0.25) is 11.8 Å². The smallest absolute Gasteiger partial charge is 0.277 e. The van der Waals surface area contributed by atoms with Crippen LogP contribution >= 0.6 is 23.1 Å². The minimum atomic E-state index is -0.203. The zero-order valence-electron chi connectivity index (χ0n) is 16.7. The number of rotatable bonds is 8. The predicted molar refractivity (Wildman–Crippen MR) is 113 cm³/mol. The maximum absolute atomic E-state index is 12.7. The predicted octanol–water partition coefficient (Wildman–Crippen LogP) is 3.21. The molecule has 30 heavy (non-hydrogen) atoms. The largest absolute Gasteiger partial charge is 0.486 e. The van der Waals surface area contributed by atoms with Crippen LogP contribution in [0.1, 0.15) is 23.5 Å². The summed E-state index contributed by atoms with van der Waals surface area (Å²) in [5.41, 5.74) is 0.905. The first-order valence-electron chi connectivity index (χ1n) is 9.63. The van der Waals surface area contributed by atoms with Crippen LogP contribution in [0.4, 0.5) is 0 Å². The zero-order chi connectivity index (χ0) is 20.9. The van der Waals surface area contributed by atoms with Crippen molar-refractivity contribution in [2.45, 2.75) is 31.6 Å². The lowest BCUT2D eigenvalue weighted by molar-refractivity contribution is -0.129. The lowest BCUT2D eigenvalue weighted by Crippen LogP contribution is -2.44. The number of aryl methyl sites for hydroxylation is 1. The van der Waals surface area contributed by atoms with E-state index in [0.717, 1.165) is 16.5 Å². The van der Waals surface area contributed by atoms with E-state index < -0.39 is 0 Å². The molecule has 1 aromatic carbocycles. The molecule has 0 bridgehead atoms. The van der Waals surface area contributed by atoms with E-state index in [1.807, 2.05) is 43.5 Å². The Morgan fingerprint density at radius 1 is 1.30 bits per heavy atom. The molecule has 1 aliphatic heterocycles. The van der Waals surface area contributed by atoms with Crippen LogP contribution < -0.4 is 9.47 Å². The molecule has 0 saturated heterocycles. The van der Waals surface area contributed by atoms with Crippen LogP contribution in [0.25, 0.3) is 0 Å². The molecule has 0 N–H and O–H groups in total. The van der Waals surface area contributed by atoms with Crippen molar-refractivity contribution in [2.75, 3.05) is 25.4 Å². The van der Waals surface area contributed by atoms with Crippen molar-refractivity contribution in [3.63, 3.8) is 0 Å². The van der Waals surface area contributed by atoms with Crippen molar-refractivity contribution in [1.29, 1.82) is 0 Å². The number of aromatic nitrogens is 3. The summed E-state index contributed by atoms with van der Waals surface area (Å²) in [7, 11) is 0. The normalized spacial score (nSPS) is 15.2. The van der Waals surface area contributed by atoms with Crippen molar-refractivity contribution < 1.29 is 18.7 Å². The molecular weight excluding hydrogens is 424 g/mol. The third-order valence-electron chi connectivity index (χ3n) is 4.49. The first-order chi connectivity index (χ1) is 14.6. The van der Waals surface area contributed by atoms with Crippen LogP contribution in [-0.2, 0) is 11.2 Å². The lowest BCUT2D eigenvalue weighted by Gasteiger charge is -2.30. The molecule has 158 valence electrons. The van der Waals surface area contributed by atoms with E-state index in [0.29, 0.717) is 43.0 Å². The summed E-state index contributed by atoms with van der Waals surface area (Å²) in [6.45, 7) is 5.36. The molecule has 0 radical (unpaired) electrons. The van der Waals surface area contributed by atoms with Crippen LogP contribution in [0.3, 0.4) is 0 Å². The van der Waals surface area contributed by atoms with Crippen molar-refractivity contribution in [2.24, 2.45) is 0 Å². The molecule has 1 atom stereocenters. The number of para-hydroxylation sites is 2. The minimum Gasteiger partial charge on any atom is -0.486 e. The van der Waals surface area contributed by atoms with E-state index in [2.05, 4.69) is 15.2 Å². The molecule has 0 saturated carbocycles. The van der Waals surface area contributed by atoms with Crippen LogP contribution in [-0.4, -0.2) is 57.5 Å². The number of hydrogen-bond donors (Lipinski definition) is 0. The monoisotopic (exact) mass is 446 g/mol. The Kier molecular flexibility index (Phi) is 6.53. The average Bonchev–Trinajstić information content (AvgIpc) is 3.38. The number of likely N-dealkylation sites (N-methyl/N-ethyl adjacent to an activating group) is 1. The molecule has 3 aromatic rings. The number of hydrogen-bond acceptors (Lipinski definition) is 9. The Morgan fingerprint density at radius 3 is 2.90 bits per heavy atom. The fourth-order valence-corrected chi connectivity index (χ4v) is 4.33. The van der Waals surface area contributed by atoms with Gasteiger partial charge in [-0.3, -0.25) is 4.79 Å². The van der Waals surface area contributed by atoms with Gasteiger partial charge >= 0.3 is 0 Å². The fourth-order valence-electron chi connectivity index (χ4n) is 3.03. The number of carbonyl (C=O) groups excluding carboxylic acids is 1. The van der Waals surface area contributed by atoms with Crippen molar-refractivity contribution >= 4 is 29.0 Å². The van der Waals surface area contributed by atoms with Gasteiger partial charge in [-0.05, 0) is 26.0 Å². The maximum Gasteiger partial charge on any atom is 0.277 e. The van der Waals surface area contributed by atoms with E-state index in [1.54, 1.807) is 16.2 Å². The van der Waals surface area contributed by atoms with Crippen molar-refractivity contribution in [3.8, 4) is 11.5 Å². The highest BCUT2D eigenvalue weighted by atomic mass is 32.2. The molecule has 0 spiro atoms. The van der Waals surface area contributed by atoms with Gasteiger partial charge in [-0.15, -0.1) is 21.5 Å². The summed E-state index contributed by atoms with van der Waals surface area (Å²) >= 11 is 2.82. The number of thioether (sulfide) groups is 1. The molecule has 0 fully saturated rings. The average molecular weight is 447 g/mol. The van der Waals surface area contributed by atoms with E-state index in [9.17, 15) is 4.79 Å². The van der Waals surface area contributed by atoms with Gasteiger partial charge in [0.25, 0.3) is 5.22 Å². The van der Waals surface area contributed by atoms with E-state index in [4.69, 9.17) is 13.9 Å². The van der Waals surface area contributed by atoms with Gasteiger partial charge in [0.1, 0.15) is 6.61 Å². The number of nitrogens with zero attached hydrogens (tertiary/aromatic N) is 4. The highest BCUT2D eigenvalue weighted by Crippen LogP contribution is 2.31. The first-order valence-corrected chi connectivity index (χ1v) is 11.5. The van der Waals surface area contributed by atoms with Gasteiger partial charge in [0, 0.05) is 11.9 Å². The van der Waals surface area contributed by atoms with E-state index >= 15 is 0 Å². The van der Waals surface area contributed by atoms with Gasteiger partial charge in [-0.2, -0.15) is 0 Å². The fraction of sp³-hybridized carbons (Fsp3) is 0.400. The maximum atomic E-state index is 12.7. The molecule has 1 unspecified atom stereocenters. The minimum absolute atomic E-state index is 0.0140. The Labute approximate surface area is 182 Å². The molecule has 3 heterocycles. The summed E-state index contributed by atoms with van der Waals surface area (Å²) in [5.74, 6) is 2.14. The number of fused-ring (bicyclic) bond motifs is 1. The first kappa shape index (κ1) is 20.7. The molecule has 2 aromatic heterocycles. The van der Waals surface area contributed by atoms with Crippen LogP contribution in [0, 0.1) is 6.92 Å². The highest BCUT2D eigenvalue weighted by molar-refractivity contribution is 7.99. The van der Waals surface area contributed by atoms with Gasteiger partial charge in [-0.1, -0.05) is 23.9 Å². The lowest BCUT2D eigenvalue weighted by atomic mass is 10.2. The Bertz CT molecular complexity index is 1010. The van der Waals surface area contributed by atoms with Gasteiger partial charge in [0.05, 0.1) is 29.4 Å². The summed E-state index contributed by atoms with van der Waals surface area (Å²) in [6, 6.07) is 7.55. The zero-order valence-corrected chi connectivity index (χ0v) is 18.4. The standard InChI is InChI=1S/C20H22N4O4S2/c1-3-24(9-15-10-26-16-6-4-5-7-17(16)27-15)19(25)12-30-20-23-22-18(28-20)8-14-11-29-13(2)21-14/h4-7,11,15H,3,8-10,12H2,1-2H3. The second kappa shape index (κ2) is 9.48. The Morgan fingerprint density at radius 2 is 2.13 bits per heavy atom. The molecule has 10 heteroatoms. The molecule has 1 amide bonds. The summed E-state index contributed by atoms with van der Waals surface area (Å²) in [6.07, 6.45) is 0.290. The third-order valence-corrected chi connectivity index (χ3v) is 6.12. The number of thiazole rings is 1. The Balaban J connectivity index is 1.27. The second-order valence-corrected chi connectivity index (χ2v) is 8.70. The second-order valence-electron chi connectivity index (χ2n) is 6.71. The quantitative estimate of drug-likeness (QED) is 0.487. The third kappa shape index (κ3) is 5.11. The molecule has 1 aliphatic rings. The van der Waals surface area contributed by atoms with Gasteiger partial charge in [-0.25, -0.2) is 4.98 Å². The summed E-state index contributed by atoms with van der Waals surface area (Å²) < 4.78 is 17.3. The topological polar surface area (TPSA) is 90.6 Å². The number of ether oxygens (including phenoxy) is 2. The molecular formula is C20H22N4O4S2. The van der Waals surface area contributed by atoms with Crippen LogP contribution in [0.15, 0.2) is 39.3 Å². The van der Waals surface area contributed by atoms with E-state index in [1.165, 1.54) is 11.8 Å². The number of amides is 1. The SMILES string of the molecule is CCN(CC1COc2ccccc2O1)C(=O)CSc1nnc(Cc2csc(C)n2)o1. The molecule has 4 rings (SSSR count). The van der Waals surface area contributed by atoms with Gasteiger partial charge in [0.15, 0.2) is 17.6 Å². The van der Waals surface area contributed by atoms with Crippen LogP contribution in [0.2, 0.25) is 0 Å². The van der Waals surface area contributed by atoms with Crippen molar-refractivity contribution in [3.05, 3.63) is 46.2 Å². The van der Waals surface area contributed by atoms with E-state index in [-0.39, 0.29) is 17.8 Å². The highest BCUT2D eigenvalue weighted by Gasteiger charge is 2.25. The summed E-state index contributed by atoms with van der Waals surface area (Å²) in [4.78, 5) is 18.8. The van der Waals surface area contributed by atoms with Crippen molar-refractivity contribution in [1.82, 2.24) is 20.1 Å². The number of benzene rings is 1. The van der Waals surface area contributed by atoms with Crippen LogP contribution in [0.5, 0.6) is 11.5 Å². The Hall–Kier alpha value is -2.59. The molecule has 8 nitrogen and oxygen atoms in total. The van der Waals surface area contributed by atoms with Gasteiger partial charge < -0.3 is 18.8 Å². The molecule has 0 aliphatic carbocycles. The summed E-state index contributed by atoms with van der Waals surface area (Å²) in [5, 5.41) is 11.4.